The van der Waals surface area contributed by atoms with E-state index in [1.54, 1.807) is 17.2 Å². The summed E-state index contributed by atoms with van der Waals surface area (Å²) < 4.78 is 32.6. The largest absolute Gasteiger partial charge is 0.398 e. The van der Waals surface area contributed by atoms with Gasteiger partial charge in [-0.25, -0.2) is 13.8 Å². The van der Waals surface area contributed by atoms with Gasteiger partial charge in [-0.05, 0) is 55.7 Å². The van der Waals surface area contributed by atoms with E-state index < -0.39 is 11.6 Å². The topological polar surface area (TPSA) is 109 Å². The first-order valence-electron chi connectivity index (χ1n) is 14.3. The fraction of sp³-hybridized carbons (Fsp3) is 0.312. The summed E-state index contributed by atoms with van der Waals surface area (Å²) in [5.74, 6) is -1.73. The Balaban J connectivity index is 1.70. The van der Waals surface area contributed by atoms with Crippen LogP contribution in [0.15, 0.2) is 54.0 Å². The minimum atomic E-state index is -0.778. The molecule has 1 aromatic carbocycles. The lowest BCUT2D eigenvalue weighted by Crippen LogP contribution is -2.62. The van der Waals surface area contributed by atoms with Crippen molar-refractivity contribution in [3.63, 3.8) is 0 Å². The summed E-state index contributed by atoms with van der Waals surface area (Å²) in [5.41, 5.74) is 8.22. The lowest BCUT2D eigenvalue weighted by atomic mass is 9.99. The Morgan fingerprint density at radius 2 is 1.95 bits per heavy atom. The highest BCUT2D eigenvalue weighted by Gasteiger charge is 2.39. The molecule has 2 atom stereocenters. The third-order valence-corrected chi connectivity index (χ3v) is 8.38. The molecule has 6 rings (SSSR count). The van der Waals surface area contributed by atoms with Crippen LogP contribution in [-0.2, 0) is 4.79 Å². The average Bonchev–Trinajstić information content (AvgIpc) is 2.97. The summed E-state index contributed by atoms with van der Waals surface area (Å²) in [6, 6.07) is 6.83. The molecule has 0 spiro atoms. The zero-order valence-corrected chi connectivity index (χ0v) is 24.5. The monoisotopic (exact) mass is 585 g/mol. The van der Waals surface area contributed by atoms with Crippen LogP contribution < -0.4 is 21.5 Å². The number of nitrogens with zero attached hydrogens (tertiary/aromatic N) is 5. The number of carbonyl (C=O) groups is 1. The van der Waals surface area contributed by atoms with Crippen molar-refractivity contribution >= 4 is 34.0 Å². The SMILES string of the molecule is C=CC(=O)N1CC2CNc3c(c4cc(F)c(-c5c(N)cccc5F)nc4n(-c4c(C)ccnc4C(C)C)c3=O)N2CC1C. The van der Waals surface area contributed by atoms with E-state index in [-0.39, 0.29) is 52.1 Å². The van der Waals surface area contributed by atoms with E-state index in [9.17, 15) is 9.59 Å². The van der Waals surface area contributed by atoms with Gasteiger partial charge in [0, 0.05) is 42.9 Å². The summed E-state index contributed by atoms with van der Waals surface area (Å²) >= 11 is 0. The van der Waals surface area contributed by atoms with Crippen LogP contribution in [-0.4, -0.2) is 57.1 Å². The number of piperazine rings is 1. The molecule has 1 saturated heterocycles. The van der Waals surface area contributed by atoms with Gasteiger partial charge >= 0.3 is 0 Å². The van der Waals surface area contributed by atoms with Gasteiger partial charge in [0.15, 0.2) is 11.5 Å². The molecule has 2 unspecified atom stereocenters. The van der Waals surface area contributed by atoms with Gasteiger partial charge in [0.25, 0.3) is 5.56 Å². The number of amides is 1. The number of pyridine rings is 3. The fourth-order valence-corrected chi connectivity index (χ4v) is 6.31. The first kappa shape index (κ1) is 28.3. The van der Waals surface area contributed by atoms with Crippen LogP contribution in [0.25, 0.3) is 28.0 Å². The van der Waals surface area contributed by atoms with E-state index in [1.165, 1.54) is 34.9 Å². The summed E-state index contributed by atoms with van der Waals surface area (Å²) in [6.07, 6.45) is 2.98. The number of benzene rings is 1. The Morgan fingerprint density at radius 3 is 2.65 bits per heavy atom. The lowest BCUT2D eigenvalue weighted by Gasteiger charge is -2.49. The quantitative estimate of drug-likeness (QED) is 0.263. The molecule has 11 heteroatoms. The molecule has 1 amide bonds. The summed E-state index contributed by atoms with van der Waals surface area (Å²) in [6.45, 7) is 12.6. The fourth-order valence-electron chi connectivity index (χ4n) is 6.31. The van der Waals surface area contributed by atoms with Crippen molar-refractivity contribution in [2.24, 2.45) is 0 Å². The molecule has 5 heterocycles. The van der Waals surface area contributed by atoms with Crippen LogP contribution in [0.5, 0.6) is 0 Å². The molecule has 222 valence electrons. The highest BCUT2D eigenvalue weighted by Crippen LogP contribution is 2.41. The van der Waals surface area contributed by atoms with Crippen LogP contribution in [0.4, 0.5) is 25.8 Å². The molecule has 1 fully saturated rings. The molecule has 4 aromatic rings. The number of rotatable bonds is 4. The summed E-state index contributed by atoms with van der Waals surface area (Å²) in [4.78, 5) is 40.2. The number of carbonyl (C=O) groups excluding carboxylic acids is 1. The number of nitrogens with one attached hydrogen (secondary N) is 1. The van der Waals surface area contributed by atoms with E-state index >= 15 is 8.78 Å². The van der Waals surface area contributed by atoms with Gasteiger partial charge in [-0.15, -0.1) is 0 Å². The third kappa shape index (κ3) is 4.41. The molecule has 3 N–H and O–H groups in total. The van der Waals surface area contributed by atoms with Crippen LogP contribution >= 0.6 is 0 Å². The molecular formula is C32H33F2N7O2. The Kier molecular flexibility index (Phi) is 6.90. The standard InChI is InChI=1S/C32H33F2N7O2/c1-6-24(42)39-15-19-13-37-28-30(40(19)14-18(39)5)20-12-22(34)27(25-21(33)8-7-9-23(25)35)38-31(20)41(32(28)43)29-17(4)10-11-36-26(29)16(2)3/h6-12,16,18-19,37H,1,13-15,35H2,2-5H3. The van der Waals surface area contributed by atoms with Crippen LogP contribution in [0.3, 0.4) is 0 Å². The van der Waals surface area contributed by atoms with Crippen LogP contribution in [0, 0.1) is 18.6 Å². The van der Waals surface area contributed by atoms with E-state index in [0.717, 1.165) is 5.56 Å². The Bertz CT molecular complexity index is 1850. The maximum atomic E-state index is 16.1. The first-order valence-corrected chi connectivity index (χ1v) is 14.3. The Morgan fingerprint density at radius 1 is 1.19 bits per heavy atom. The number of aromatic nitrogens is 3. The van der Waals surface area contributed by atoms with Gasteiger partial charge in [-0.3, -0.25) is 19.1 Å². The van der Waals surface area contributed by atoms with Gasteiger partial charge in [0.2, 0.25) is 5.91 Å². The number of hydrogen-bond acceptors (Lipinski definition) is 7. The molecule has 2 aliphatic heterocycles. The smallest absolute Gasteiger partial charge is 0.282 e. The average molecular weight is 586 g/mol. The molecule has 2 aliphatic rings. The third-order valence-electron chi connectivity index (χ3n) is 8.38. The number of anilines is 3. The summed E-state index contributed by atoms with van der Waals surface area (Å²) in [5, 5.41) is 3.66. The normalized spacial score (nSPS) is 17.9. The second-order valence-corrected chi connectivity index (χ2v) is 11.5. The molecule has 0 aliphatic carbocycles. The van der Waals surface area contributed by atoms with Gasteiger partial charge in [-0.1, -0.05) is 26.5 Å². The van der Waals surface area contributed by atoms with Gasteiger partial charge in [-0.2, -0.15) is 0 Å². The molecule has 9 nitrogen and oxygen atoms in total. The van der Waals surface area contributed by atoms with Crippen LogP contribution in [0.2, 0.25) is 0 Å². The second kappa shape index (κ2) is 10.5. The molecule has 0 saturated carbocycles. The van der Waals surface area contributed by atoms with Crippen molar-refractivity contribution < 1.29 is 13.6 Å². The predicted molar refractivity (Wildman–Crippen MR) is 165 cm³/mol. The van der Waals surface area contributed by atoms with Crippen molar-refractivity contribution in [2.45, 2.75) is 45.7 Å². The maximum Gasteiger partial charge on any atom is 0.282 e. The van der Waals surface area contributed by atoms with Crippen molar-refractivity contribution in [3.8, 4) is 16.9 Å². The van der Waals surface area contributed by atoms with E-state index in [2.05, 4.69) is 26.8 Å². The lowest BCUT2D eigenvalue weighted by molar-refractivity contribution is -0.128. The van der Waals surface area contributed by atoms with Crippen molar-refractivity contribution in [3.05, 3.63) is 82.4 Å². The highest BCUT2D eigenvalue weighted by atomic mass is 19.1. The van der Waals surface area contributed by atoms with Crippen LogP contribution in [0.1, 0.15) is 37.9 Å². The van der Waals surface area contributed by atoms with Gasteiger partial charge in [0.1, 0.15) is 17.2 Å². The number of nitrogen functional groups attached to an aromatic ring is 1. The number of fused-ring (bicyclic) bond motifs is 5. The number of hydrogen-bond donors (Lipinski definition) is 2. The van der Waals surface area contributed by atoms with E-state index in [1.807, 2.05) is 27.7 Å². The van der Waals surface area contributed by atoms with Gasteiger partial charge < -0.3 is 20.9 Å². The maximum absolute atomic E-state index is 16.1. The number of aryl methyl sites for hydroxylation is 1. The zero-order chi connectivity index (χ0) is 30.7. The Labute approximate surface area is 247 Å². The van der Waals surface area contributed by atoms with Gasteiger partial charge in [0.05, 0.1) is 28.7 Å². The summed E-state index contributed by atoms with van der Waals surface area (Å²) in [7, 11) is 0. The van der Waals surface area contributed by atoms with Crippen molar-refractivity contribution in [1.29, 1.82) is 0 Å². The highest BCUT2D eigenvalue weighted by molar-refractivity contribution is 6.00. The van der Waals surface area contributed by atoms with E-state index in [0.29, 0.717) is 47.8 Å². The molecular weight excluding hydrogens is 552 g/mol. The molecule has 0 radical (unpaired) electrons. The Hall–Kier alpha value is -4.80. The predicted octanol–water partition coefficient (Wildman–Crippen LogP) is 4.76. The molecule has 3 aromatic heterocycles. The minimum absolute atomic E-state index is 0.0246. The molecule has 0 bridgehead atoms. The minimum Gasteiger partial charge on any atom is -0.398 e. The van der Waals surface area contributed by atoms with Crippen molar-refractivity contribution in [2.75, 3.05) is 35.6 Å². The number of nitrogens with two attached hydrogens (primary N) is 1. The zero-order valence-electron chi connectivity index (χ0n) is 24.5. The van der Waals surface area contributed by atoms with Crippen molar-refractivity contribution in [1.82, 2.24) is 19.4 Å². The number of halogens is 2. The second-order valence-electron chi connectivity index (χ2n) is 11.5. The van der Waals surface area contributed by atoms with E-state index in [4.69, 9.17) is 5.73 Å². The molecule has 43 heavy (non-hydrogen) atoms. The first-order chi connectivity index (χ1) is 20.5.